The fourth-order valence-electron chi connectivity index (χ4n) is 1.68. The first kappa shape index (κ1) is 8.31. The maximum atomic E-state index is 3.25. The van der Waals surface area contributed by atoms with Crippen LogP contribution in [0.1, 0.15) is 25.3 Å². The minimum absolute atomic E-state index is 0.583. The highest BCUT2D eigenvalue weighted by atomic mass is 14.1. The van der Waals surface area contributed by atoms with Crippen LogP contribution in [-0.2, 0) is 0 Å². The van der Waals surface area contributed by atoms with Crippen LogP contribution in [0.25, 0.3) is 10.8 Å². The Bertz CT molecular complexity index is 408. The van der Waals surface area contributed by atoms with Crippen molar-refractivity contribution in [1.82, 2.24) is 0 Å². The molecule has 0 unspecified atom stereocenters. The maximum Gasteiger partial charge on any atom is -0.00991 e. The highest BCUT2D eigenvalue weighted by Crippen LogP contribution is 2.24. The normalized spacial score (nSPS) is 11.0. The Morgan fingerprint density at radius 3 is 2.69 bits per heavy atom. The van der Waals surface area contributed by atoms with Crippen molar-refractivity contribution in [2.45, 2.75) is 19.8 Å². The van der Waals surface area contributed by atoms with Gasteiger partial charge in [0.05, 0.1) is 0 Å². The molecule has 0 atom stereocenters. The molecule has 0 heterocycles. The molecule has 2 aromatic rings. The molecule has 0 heteroatoms. The van der Waals surface area contributed by atoms with E-state index >= 15 is 0 Å². The third kappa shape index (κ3) is 1.44. The molecule has 0 spiro atoms. The minimum atomic E-state index is 0.583. The second-order valence-electron chi connectivity index (χ2n) is 3.63. The molecular formula is C13H13. The van der Waals surface area contributed by atoms with Crippen molar-refractivity contribution in [2.75, 3.05) is 0 Å². The molecule has 0 aromatic heterocycles. The highest BCUT2D eigenvalue weighted by molar-refractivity contribution is 5.85. The zero-order valence-electron chi connectivity index (χ0n) is 8.04. The van der Waals surface area contributed by atoms with Gasteiger partial charge in [-0.25, -0.2) is 0 Å². The van der Waals surface area contributed by atoms with E-state index in [4.69, 9.17) is 0 Å². The number of fused-ring (bicyclic) bond motifs is 1. The van der Waals surface area contributed by atoms with Gasteiger partial charge in [-0.2, -0.15) is 0 Å². The molecule has 0 bridgehead atoms. The lowest BCUT2D eigenvalue weighted by molar-refractivity contribution is 0.876. The van der Waals surface area contributed by atoms with Gasteiger partial charge in [-0.15, -0.1) is 0 Å². The third-order valence-corrected chi connectivity index (χ3v) is 2.36. The van der Waals surface area contributed by atoms with Gasteiger partial charge in [0.15, 0.2) is 0 Å². The van der Waals surface area contributed by atoms with Gasteiger partial charge in [-0.3, -0.25) is 0 Å². The fourth-order valence-corrected chi connectivity index (χ4v) is 1.68. The van der Waals surface area contributed by atoms with Crippen molar-refractivity contribution in [3.63, 3.8) is 0 Å². The quantitative estimate of drug-likeness (QED) is 0.609. The Labute approximate surface area is 79.2 Å². The second-order valence-corrected chi connectivity index (χ2v) is 3.63. The fraction of sp³-hybridized carbons (Fsp3) is 0.231. The van der Waals surface area contributed by atoms with E-state index in [-0.39, 0.29) is 0 Å². The van der Waals surface area contributed by atoms with Crippen LogP contribution in [0.2, 0.25) is 0 Å². The molecule has 13 heavy (non-hydrogen) atoms. The number of hydrogen-bond acceptors (Lipinski definition) is 0. The summed E-state index contributed by atoms with van der Waals surface area (Å²) in [5.41, 5.74) is 1.41. The molecule has 65 valence electrons. The summed E-state index contributed by atoms with van der Waals surface area (Å²) in [5, 5.41) is 2.55. The molecule has 0 fully saturated rings. The van der Waals surface area contributed by atoms with Crippen LogP contribution >= 0.6 is 0 Å². The molecule has 2 rings (SSSR count). The average Bonchev–Trinajstić information content (AvgIpc) is 2.17. The SMILES string of the molecule is CC(C)c1cccc2[c]cccc12. The summed E-state index contributed by atoms with van der Waals surface area (Å²) in [7, 11) is 0. The molecule has 0 nitrogen and oxygen atoms in total. The van der Waals surface area contributed by atoms with Gasteiger partial charge < -0.3 is 0 Å². The van der Waals surface area contributed by atoms with E-state index in [2.05, 4.69) is 44.2 Å². The predicted octanol–water partition coefficient (Wildman–Crippen LogP) is 3.76. The first-order valence-electron chi connectivity index (χ1n) is 4.68. The first-order valence-corrected chi connectivity index (χ1v) is 4.68. The van der Waals surface area contributed by atoms with Gasteiger partial charge in [0.2, 0.25) is 0 Å². The zero-order chi connectivity index (χ0) is 9.26. The van der Waals surface area contributed by atoms with Gasteiger partial charge in [-0.05, 0) is 28.3 Å². The van der Waals surface area contributed by atoms with Crippen molar-refractivity contribution >= 4 is 10.8 Å². The monoisotopic (exact) mass is 169 g/mol. The summed E-state index contributed by atoms with van der Waals surface area (Å²) in [6, 6.07) is 15.8. The Balaban J connectivity index is 2.76. The molecule has 0 amide bonds. The molecular weight excluding hydrogens is 156 g/mol. The first-order chi connectivity index (χ1) is 6.29. The summed E-state index contributed by atoms with van der Waals surface area (Å²) >= 11 is 0. The van der Waals surface area contributed by atoms with E-state index in [0.29, 0.717) is 5.92 Å². The van der Waals surface area contributed by atoms with Crippen molar-refractivity contribution in [1.29, 1.82) is 0 Å². The molecule has 0 aliphatic heterocycles. The number of benzene rings is 2. The van der Waals surface area contributed by atoms with E-state index in [9.17, 15) is 0 Å². The van der Waals surface area contributed by atoms with Gasteiger partial charge in [0.25, 0.3) is 0 Å². The average molecular weight is 169 g/mol. The molecule has 0 saturated heterocycles. The van der Waals surface area contributed by atoms with Crippen LogP contribution in [0.15, 0.2) is 36.4 Å². The molecule has 0 aliphatic carbocycles. The van der Waals surface area contributed by atoms with E-state index < -0.39 is 0 Å². The summed E-state index contributed by atoms with van der Waals surface area (Å²) in [4.78, 5) is 0. The van der Waals surface area contributed by atoms with Crippen LogP contribution in [0, 0.1) is 6.07 Å². The lowest BCUT2D eigenvalue weighted by atomic mass is 9.96. The highest BCUT2D eigenvalue weighted by Gasteiger charge is 2.02. The summed E-state index contributed by atoms with van der Waals surface area (Å²) in [6.07, 6.45) is 0. The Morgan fingerprint density at radius 1 is 1.08 bits per heavy atom. The van der Waals surface area contributed by atoms with Gasteiger partial charge in [-0.1, -0.05) is 50.2 Å². The largest absolute Gasteiger partial charge is 0.0613 e. The van der Waals surface area contributed by atoms with E-state index in [0.717, 1.165) is 0 Å². The van der Waals surface area contributed by atoms with Crippen LogP contribution in [0.5, 0.6) is 0 Å². The topological polar surface area (TPSA) is 0 Å². The summed E-state index contributed by atoms with van der Waals surface area (Å²) in [5.74, 6) is 0.583. The van der Waals surface area contributed by atoms with E-state index in [1.165, 1.54) is 16.3 Å². The van der Waals surface area contributed by atoms with Crippen molar-refractivity contribution in [2.24, 2.45) is 0 Å². The van der Waals surface area contributed by atoms with Crippen molar-refractivity contribution in [3.8, 4) is 0 Å². The van der Waals surface area contributed by atoms with Crippen LogP contribution < -0.4 is 0 Å². The molecule has 0 N–H and O–H groups in total. The third-order valence-electron chi connectivity index (χ3n) is 2.36. The number of rotatable bonds is 1. The summed E-state index contributed by atoms with van der Waals surface area (Å²) < 4.78 is 0. The molecule has 1 radical (unpaired) electrons. The van der Waals surface area contributed by atoms with Crippen LogP contribution in [-0.4, -0.2) is 0 Å². The molecule has 2 aromatic carbocycles. The van der Waals surface area contributed by atoms with Gasteiger partial charge in [0.1, 0.15) is 0 Å². The second kappa shape index (κ2) is 3.21. The maximum absolute atomic E-state index is 3.25. The van der Waals surface area contributed by atoms with Crippen LogP contribution in [0.4, 0.5) is 0 Å². The van der Waals surface area contributed by atoms with Crippen LogP contribution in [0.3, 0.4) is 0 Å². The predicted molar refractivity (Wildman–Crippen MR) is 56.9 cm³/mol. The van der Waals surface area contributed by atoms with Gasteiger partial charge >= 0.3 is 0 Å². The minimum Gasteiger partial charge on any atom is -0.0613 e. The Kier molecular flexibility index (Phi) is 2.05. The standard InChI is InChI=1S/C13H13/c1-10(2)12-9-5-7-11-6-3-4-8-13(11)12/h3-5,7-10H,1-2H3. The van der Waals surface area contributed by atoms with Crippen molar-refractivity contribution in [3.05, 3.63) is 48.0 Å². The van der Waals surface area contributed by atoms with Gasteiger partial charge in [0, 0.05) is 0 Å². The zero-order valence-corrected chi connectivity index (χ0v) is 8.04. The molecule has 0 aliphatic rings. The van der Waals surface area contributed by atoms with E-state index in [1.54, 1.807) is 0 Å². The number of hydrogen-bond donors (Lipinski definition) is 0. The smallest absolute Gasteiger partial charge is 0.00991 e. The van der Waals surface area contributed by atoms with E-state index in [1.807, 2.05) is 12.1 Å². The molecule has 0 saturated carbocycles. The lowest BCUT2D eigenvalue weighted by Crippen LogP contribution is -1.88. The van der Waals surface area contributed by atoms with Crippen molar-refractivity contribution < 1.29 is 0 Å². The summed E-state index contributed by atoms with van der Waals surface area (Å²) in [6.45, 7) is 4.45. The Morgan fingerprint density at radius 2 is 1.92 bits per heavy atom. The lowest BCUT2D eigenvalue weighted by Gasteiger charge is -2.08. The Hall–Kier alpha value is -1.30.